The third-order valence-corrected chi connectivity index (χ3v) is 2.99. The van der Waals surface area contributed by atoms with Crippen molar-refractivity contribution in [3.8, 4) is 0 Å². The van der Waals surface area contributed by atoms with Crippen LogP contribution in [0.25, 0.3) is 0 Å². The monoisotopic (exact) mass is 249 g/mol. The first-order chi connectivity index (χ1) is 7.30. The van der Waals surface area contributed by atoms with Gasteiger partial charge in [-0.1, -0.05) is 6.07 Å². The molecule has 0 saturated carbocycles. The molecule has 1 aromatic carbocycles. The molecule has 2 N–H and O–H groups in total. The normalized spacial score (nSPS) is 13.5. The van der Waals surface area contributed by atoms with Crippen LogP contribution in [-0.4, -0.2) is 11.2 Å². The summed E-state index contributed by atoms with van der Waals surface area (Å²) < 4.78 is 37.1. The number of alkyl halides is 3. The minimum absolute atomic E-state index is 0.376. The second-order valence-electron chi connectivity index (χ2n) is 3.19. The van der Waals surface area contributed by atoms with Gasteiger partial charge in [0.1, 0.15) is 0 Å². The van der Waals surface area contributed by atoms with E-state index in [9.17, 15) is 18.0 Å². The van der Waals surface area contributed by atoms with E-state index in [-0.39, 0.29) is 0 Å². The largest absolute Gasteiger partial charge is 0.416 e. The number of halogens is 3. The Bertz CT molecular complexity index is 392. The number of benzene rings is 1. The van der Waals surface area contributed by atoms with Crippen molar-refractivity contribution in [2.45, 2.75) is 23.2 Å². The topological polar surface area (TPSA) is 43.1 Å². The molecule has 0 unspecified atom stereocenters. The lowest BCUT2D eigenvalue weighted by atomic mass is 10.2. The summed E-state index contributed by atoms with van der Waals surface area (Å²) >= 11 is 1.01. The van der Waals surface area contributed by atoms with Crippen LogP contribution in [0.4, 0.5) is 13.2 Å². The van der Waals surface area contributed by atoms with Crippen LogP contribution in [0.15, 0.2) is 29.2 Å². The third-order valence-electron chi connectivity index (χ3n) is 1.87. The summed E-state index contributed by atoms with van der Waals surface area (Å²) in [4.78, 5) is 11.1. The average molecular weight is 249 g/mol. The number of rotatable bonds is 3. The quantitative estimate of drug-likeness (QED) is 0.837. The van der Waals surface area contributed by atoms with Gasteiger partial charge in [-0.3, -0.25) is 4.79 Å². The maximum absolute atomic E-state index is 12.4. The van der Waals surface area contributed by atoms with Crippen molar-refractivity contribution in [1.82, 2.24) is 0 Å². The van der Waals surface area contributed by atoms with Gasteiger partial charge in [0, 0.05) is 4.90 Å². The molecule has 1 rings (SSSR count). The molecule has 88 valence electrons. The zero-order valence-electron chi connectivity index (χ0n) is 8.41. The van der Waals surface area contributed by atoms with E-state index < -0.39 is 22.9 Å². The minimum Gasteiger partial charge on any atom is -0.369 e. The number of hydrogen-bond donors (Lipinski definition) is 1. The van der Waals surface area contributed by atoms with Crippen molar-refractivity contribution in [3.63, 3.8) is 0 Å². The Hall–Kier alpha value is -1.17. The summed E-state index contributed by atoms with van der Waals surface area (Å²) in [6.07, 6.45) is -4.37. The molecule has 0 radical (unpaired) electrons. The minimum atomic E-state index is -4.37. The molecular formula is C10H10F3NOS. The first-order valence-electron chi connectivity index (χ1n) is 4.44. The summed E-state index contributed by atoms with van der Waals surface area (Å²) in [5, 5.41) is -0.552. The summed E-state index contributed by atoms with van der Waals surface area (Å²) in [6, 6.07) is 4.81. The van der Waals surface area contributed by atoms with E-state index in [1.165, 1.54) is 12.1 Å². The standard InChI is InChI=1S/C10H10F3NOS/c1-6(9(14)15)16-8-4-2-3-7(5-8)10(11,12)13/h2-6H,1H3,(H2,14,15)/t6-/m0/s1. The molecular weight excluding hydrogens is 239 g/mol. The third kappa shape index (κ3) is 3.44. The first-order valence-corrected chi connectivity index (χ1v) is 5.32. The summed E-state index contributed by atoms with van der Waals surface area (Å²) in [7, 11) is 0. The second kappa shape index (κ2) is 4.78. The van der Waals surface area contributed by atoms with E-state index in [1.54, 1.807) is 6.92 Å². The maximum atomic E-state index is 12.4. The number of thioether (sulfide) groups is 1. The Kier molecular flexibility index (Phi) is 3.85. The zero-order valence-corrected chi connectivity index (χ0v) is 9.23. The van der Waals surface area contributed by atoms with Gasteiger partial charge in [0.15, 0.2) is 0 Å². The zero-order chi connectivity index (χ0) is 12.3. The van der Waals surface area contributed by atoms with Crippen LogP contribution in [0, 0.1) is 0 Å². The number of nitrogens with two attached hydrogens (primary N) is 1. The van der Waals surface area contributed by atoms with Gasteiger partial charge in [-0.15, -0.1) is 11.8 Å². The number of hydrogen-bond acceptors (Lipinski definition) is 2. The Balaban J connectivity index is 2.87. The molecule has 0 bridgehead atoms. The highest BCUT2D eigenvalue weighted by atomic mass is 32.2. The van der Waals surface area contributed by atoms with E-state index in [2.05, 4.69) is 0 Å². The Morgan fingerprint density at radius 1 is 1.44 bits per heavy atom. The lowest BCUT2D eigenvalue weighted by Crippen LogP contribution is -2.22. The highest BCUT2D eigenvalue weighted by Gasteiger charge is 2.30. The van der Waals surface area contributed by atoms with Gasteiger partial charge in [-0.25, -0.2) is 0 Å². The molecule has 2 nitrogen and oxygen atoms in total. The highest BCUT2D eigenvalue weighted by Crippen LogP contribution is 2.32. The molecule has 16 heavy (non-hydrogen) atoms. The summed E-state index contributed by atoms with van der Waals surface area (Å²) in [5.74, 6) is -0.553. The van der Waals surface area contributed by atoms with Gasteiger partial charge in [-0.05, 0) is 25.1 Å². The highest BCUT2D eigenvalue weighted by molar-refractivity contribution is 8.00. The van der Waals surface area contributed by atoms with Crippen molar-refractivity contribution in [2.24, 2.45) is 5.73 Å². The molecule has 1 atom stereocenters. The number of carbonyl (C=O) groups excluding carboxylic acids is 1. The number of primary amides is 1. The number of carbonyl (C=O) groups is 1. The van der Waals surface area contributed by atoms with E-state index in [4.69, 9.17) is 5.73 Å². The van der Waals surface area contributed by atoms with Crippen molar-refractivity contribution in [3.05, 3.63) is 29.8 Å². The molecule has 6 heteroatoms. The van der Waals surface area contributed by atoms with Crippen LogP contribution < -0.4 is 5.73 Å². The predicted molar refractivity (Wildman–Crippen MR) is 56.0 cm³/mol. The predicted octanol–water partition coefficient (Wildman–Crippen LogP) is 2.67. The van der Waals surface area contributed by atoms with Crippen molar-refractivity contribution in [2.75, 3.05) is 0 Å². The number of amides is 1. The van der Waals surface area contributed by atoms with Gasteiger partial charge in [0.2, 0.25) is 5.91 Å². The molecule has 0 aromatic heterocycles. The van der Waals surface area contributed by atoms with E-state index in [0.29, 0.717) is 4.90 Å². The Morgan fingerprint density at radius 3 is 2.56 bits per heavy atom. The first kappa shape index (κ1) is 12.9. The molecule has 0 saturated heterocycles. The second-order valence-corrected chi connectivity index (χ2v) is 4.60. The van der Waals surface area contributed by atoms with E-state index >= 15 is 0 Å². The molecule has 0 aliphatic heterocycles. The molecule has 0 aliphatic carbocycles. The maximum Gasteiger partial charge on any atom is 0.416 e. The summed E-state index contributed by atoms with van der Waals surface area (Å²) in [6.45, 7) is 1.55. The fourth-order valence-corrected chi connectivity index (χ4v) is 1.88. The van der Waals surface area contributed by atoms with Gasteiger partial charge in [-0.2, -0.15) is 13.2 Å². The SMILES string of the molecule is C[C@H](Sc1cccc(C(F)(F)F)c1)C(N)=O. The van der Waals surface area contributed by atoms with Crippen LogP contribution in [0.1, 0.15) is 12.5 Å². The molecule has 0 spiro atoms. The molecule has 1 aromatic rings. The molecule has 0 heterocycles. The van der Waals surface area contributed by atoms with Crippen LogP contribution in [0.5, 0.6) is 0 Å². The Morgan fingerprint density at radius 2 is 2.06 bits per heavy atom. The molecule has 0 fully saturated rings. The smallest absolute Gasteiger partial charge is 0.369 e. The molecule has 0 aliphatic rings. The Labute approximate surface area is 95.0 Å². The van der Waals surface area contributed by atoms with Gasteiger partial charge < -0.3 is 5.73 Å². The van der Waals surface area contributed by atoms with Crippen LogP contribution in [-0.2, 0) is 11.0 Å². The van der Waals surface area contributed by atoms with Gasteiger partial charge in [0.25, 0.3) is 0 Å². The van der Waals surface area contributed by atoms with Crippen LogP contribution >= 0.6 is 11.8 Å². The van der Waals surface area contributed by atoms with Gasteiger partial charge in [0.05, 0.1) is 10.8 Å². The van der Waals surface area contributed by atoms with Gasteiger partial charge >= 0.3 is 6.18 Å². The van der Waals surface area contributed by atoms with Crippen LogP contribution in [0.3, 0.4) is 0 Å². The van der Waals surface area contributed by atoms with Crippen molar-refractivity contribution >= 4 is 17.7 Å². The lowest BCUT2D eigenvalue weighted by Gasteiger charge is -2.10. The van der Waals surface area contributed by atoms with Crippen LogP contribution in [0.2, 0.25) is 0 Å². The van der Waals surface area contributed by atoms with Crippen molar-refractivity contribution in [1.29, 1.82) is 0 Å². The van der Waals surface area contributed by atoms with E-state index in [0.717, 1.165) is 23.9 Å². The molecule has 1 amide bonds. The average Bonchev–Trinajstić information content (AvgIpc) is 2.16. The lowest BCUT2D eigenvalue weighted by molar-refractivity contribution is -0.137. The summed E-state index contributed by atoms with van der Waals surface area (Å²) in [5.41, 5.74) is 4.30. The van der Waals surface area contributed by atoms with E-state index in [1.807, 2.05) is 0 Å². The fourth-order valence-electron chi connectivity index (χ4n) is 1.01. The van der Waals surface area contributed by atoms with Crippen molar-refractivity contribution < 1.29 is 18.0 Å². The fraction of sp³-hybridized carbons (Fsp3) is 0.300.